The highest BCUT2D eigenvalue weighted by Crippen LogP contribution is 2.41. The van der Waals surface area contributed by atoms with E-state index in [-0.39, 0.29) is 0 Å². The van der Waals surface area contributed by atoms with Crippen molar-refractivity contribution in [2.24, 2.45) is 35.5 Å². The van der Waals surface area contributed by atoms with Crippen LogP contribution in [0.3, 0.4) is 0 Å². The second-order valence-corrected chi connectivity index (χ2v) is 26.3. The largest absolute Gasteiger partial charge is 0.179 e. The minimum Gasteiger partial charge on any atom is -0.179 e. The fourth-order valence-corrected chi connectivity index (χ4v) is 16.9. The summed E-state index contributed by atoms with van der Waals surface area (Å²) in [5.41, 5.74) is 0. The Morgan fingerprint density at radius 3 is 1.27 bits per heavy atom. The highest BCUT2D eigenvalue weighted by molar-refractivity contribution is 8.05. The molecule has 0 aliphatic heterocycles. The van der Waals surface area contributed by atoms with Gasteiger partial charge in [0, 0.05) is 80.5 Å². The first kappa shape index (κ1) is 58.4. The molecule has 0 aromatic heterocycles. The average molecular weight is 984 g/mol. The van der Waals surface area contributed by atoms with Gasteiger partial charge in [-0.25, -0.2) is 0 Å². The number of hydrogen-bond acceptors (Lipinski definition) is 12. The standard InChI is InChI=1S/C27H54S9.C12H18.C4H10S3/c1-28-12-15-34-21-18-31-9-6-25-4-5-26(7-10-32-19-22-35-16-13-29-2)27(24-25)8-11-33-20-23-36-17-14-30-3;1-4-10-7-8-11(5-2)12(6-3)9-10;5-1-3-7-4-2-6/h25-27H,4-24H2,1-3H3;4-6,10-12H,1-3,7-9H2;5-6H,1-4H2. The number of rotatable bonds is 34. The van der Waals surface area contributed by atoms with Crippen molar-refractivity contribution in [1.82, 2.24) is 0 Å². The predicted molar refractivity (Wildman–Crippen MR) is 297 cm³/mol. The van der Waals surface area contributed by atoms with Crippen molar-refractivity contribution >= 4 is 143 Å². The van der Waals surface area contributed by atoms with Gasteiger partial charge in [-0.05, 0) is 134 Å². The van der Waals surface area contributed by atoms with Gasteiger partial charge in [0.05, 0.1) is 0 Å². The summed E-state index contributed by atoms with van der Waals surface area (Å²) >= 11 is 29.1. The summed E-state index contributed by atoms with van der Waals surface area (Å²) in [6.07, 6.45) is 25.6. The second-order valence-electron chi connectivity index (χ2n) is 13.9. The van der Waals surface area contributed by atoms with Crippen LogP contribution in [0.15, 0.2) is 38.0 Å². The topological polar surface area (TPSA) is 0 Å². The Labute approximate surface area is 398 Å². The zero-order chi connectivity index (χ0) is 40.5. The van der Waals surface area contributed by atoms with Gasteiger partial charge in [-0.3, -0.25) is 0 Å². The zero-order valence-electron chi connectivity index (χ0n) is 35.1. The fourth-order valence-electron chi connectivity index (χ4n) is 6.80. The average Bonchev–Trinajstić information content (AvgIpc) is 3.21. The van der Waals surface area contributed by atoms with Crippen molar-refractivity contribution in [3.63, 3.8) is 0 Å². The minimum absolute atomic E-state index is 0.624. The molecule has 2 rings (SSSR count). The van der Waals surface area contributed by atoms with Crippen LogP contribution < -0.4 is 0 Å². The molecule has 6 atom stereocenters. The third kappa shape index (κ3) is 36.6. The van der Waals surface area contributed by atoms with Gasteiger partial charge in [0.15, 0.2) is 0 Å². The van der Waals surface area contributed by atoms with Gasteiger partial charge in [0.2, 0.25) is 0 Å². The Hall–Kier alpha value is 3.42. The second kappa shape index (κ2) is 46.9. The molecule has 6 unspecified atom stereocenters. The van der Waals surface area contributed by atoms with Gasteiger partial charge < -0.3 is 0 Å². The number of hydrogen-bond donors (Lipinski definition) is 2. The molecule has 0 amide bonds. The molecule has 0 spiro atoms. The first-order valence-electron chi connectivity index (χ1n) is 20.6. The summed E-state index contributed by atoms with van der Waals surface area (Å²) in [7, 11) is 0. The van der Waals surface area contributed by atoms with Crippen LogP contribution in [0.5, 0.6) is 0 Å². The van der Waals surface area contributed by atoms with Gasteiger partial charge in [0.1, 0.15) is 0 Å². The molecule has 2 fully saturated rings. The normalized spacial score (nSPS) is 22.2. The molecular formula is C43H82S12. The Morgan fingerprint density at radius 1 is 0.418 bits per heavy atom. The van der Waals surface area contributed by atoms with Crippen molar-refractivity contribution in [3.8, 4) is 0 Å². The number of thioether (sulfide) groups is 10. The highest BCUT2D eigenvalue weighted by Gasteiger charge is 2.30. The maximum atomic E-state index is 4.05. The van der Waals surface area contributed by atoms with Gasteiger partial charge in [-0.1, -0.05) is 24.6 Å². The zero-order valence-corrected chi connectivity index (χ0v) is 45.0. The van der Waals surface area contributed by atoms with E-state index in [2.05, 4.69) is 153 Å². The van der Waals surface area contributed by atoms with Gasteiger partial charge in [-0.2, -0.15) is 143 Å². The molecule has 55 heavy (non-hydrogen) atoms. The summed E-state index contributed by atoms with van der Waals surface area (Å²) in [6.45, 7) is 11.6. The Kier molecular flexibility index (Phi) is 49.8. The summed E-state index contributed by atoms with van der Waals surface area (Å²) < 4.78 is 0. The lowest BCUT2D eigenvalue weighted by Gasteiger charge is -2.36. The third-order valence-electron chi connectivity index (χ3n) is 10.0. The summed E-state index contributed by atoms with van der Waals surface area (Å²) in [5.74, 6) is 29.5. The lowest BCUT2D eigenvalue weighted by molar-refractivity contribution is 0.169. The van der Waals surface area contributed by atoms with E-state index in [1.165, 1.54) is 144 Å². The van der Waals surface area contributed by atoms with Crippen LogP contribution in [0.1, 0.15) is 57.8 Å². The van der Waals surface area contributed by atoms with Crippen LogP contribution in [-0.2, 0) is 0 Å². The molecule has 2 saturated carbocycles. The molecule has 12 heteroatoms. The van der Waals surface area contributed by atoms with Crippen molar-refractivity contribution in [2.45, 2.75) is 57.8 Å². The summed E-state index contributed by atoms with van der Waals surface area (Å²) in [4.78, 5) is 0. The maximum absolute atomic E-state index is 4.05. The van der Waals surface area contributed by atoms with Crippen molar-refractivity contribution in [2.75, 3.05) is 128 Å². The minimum atomic E-state index is 0.624. The molecule has 2 aliphatic rings. The maximum Gasteiger partial charge on any atom is 0.00238 e. The third-order valence-corrected chi connectivity index (χ3v) is 21.4. The molecule has 0 radical (unpaired) electrons. The highest BCUT2D eigenvalue weighted by atomic mass is 32.2. The molecular weight excluding hydrogens is 901 g/mol. The Bertz CT molecular complexity index is 815. The van der Waals surface area contributed by atoms with Crippen LogP contribution >= 0.6 is 143 Å². The van der Waals surface area contributed by atoms with E-state index < -0.39 is 0 Å². The first-order valence-corrected chi connectivity index (χ1v) is 34.2. The van der Waals surface area contributed by atoms with E-state index in [1.807, 2.05) is 47.0 Å². The lowest BCUT2D eigenvalue weighted by Crippen LogP contribution is -2.26. The molecule has 0 saturated heterocycles. The Balaban J connectivity index is 0.00000124. The van der Waals surface area contributed by atoms with Crippen LogP contribution in [0.2, 0.25) is 0 Å². The van der Waals surface area contributed by atoms with Crippen LogP contribution in [0.25, 0.3) is 0 Å². The van der Waals surface area contributed by atoms with Gasteiger partial charge in [-0.15, -0.1) is 19.7 Å². The molecule has 0 aromatic rings. The molecule has 0 heterocycles. The number of allylic oxidation sites excluding steroid dienone is 3. The quantitative estimate of drug-likeness (QED) is 0.0362. The van der Waals surface area contributed by atoms with E-state index in [9.17, 15) is 0 Å². The van der Waals surface area contributed by atoms with Gasteiger partial charge in [0.25, 0.3) is 0 Å². The SMILES string of the molecule is C=CC1CCC(C=C)C(C=C)C1.CSCCSCCSCCC1CCC(CCSCCSCCSC)C(CCSCCSCCSC)C1.SCCSCCS. The summed E-state index contributed by atoms with van der Waals surface area (Å²) in [6, 6.07) is 0. The van der Waals surface area contributed by atoms with E-state index in [1.54, 1.807) is 0 Å². The van der Waals surface area contributed by atoms with Crippen molar-refractivity contribution in [3.05, 3.63) is 38.0 Å². The van der Waals surface area contributed by atoms with Gasteiger partial charge >= 0.3 is 0 Å². The van der Waals surface area contributed by atoms with Crippen LogP contribution in [0.4, 0.5) is 0 Å². The Morgan fingerprint density at radius 2 is 0.836 bits per heavy atom. The van der Waals surface area contributed by atoms with Crippen LogP contribution in [0, 0.1) is 35.5 Å². The van der Waals surface area contributed by atoms with E-state index in [0.29, 0.717) is 17.8 Å². The first-order chi connectivity index (χ1) is 27.0. The van der Waals surface area contributed by atoms with E-state index in [4.69, 9.17) is 0 Å². The predicted octanol–water partition coefficient (Wildman–Crippen LogP) is 14.8. The molecule has 0 aromatic carbocycles. The lowest BCUT2D eigenvalue weighted by atomic mass is 9.71. The van der Waals surface area contributed by atoms with Crippen molar-refractivity contribution < 1.29 is 0 Å². The monoisotopic (exact) mass is 982 g/mol. The molecule has 0 N–H and O–H groups in total. The number of thiol groups is 2. The molecule has 2 aliphatic carbocycles. The van der Waals surface area contributed by atoms with Crippen molar-refractivity contribution in [1.29, 1.82) is 0 Å². The van der Waals surface area contributed by atoms with E-state index in [0.717, 1.165) is 40.8 Å². The summed E-state index contributed by atoms with van der Waals surface area (Å²) in [5, 5.41) is 0. The fraction of sp³-hybridized carbons (Fsp3) is 0.860. The smallest absolute Gasteiger partial charge is 0.00238 e. The molecule has 326 valence electrons. The molecule has 0 bridgehead atoms. The van der Waals surface area contributed by atoms with E-state index >= 15 is 0 Å². The van der Waals surface area contributed by atoms with Crippen LogP contribution in [-0.4, -0.2) is 128 Å². The molecule has 0 nitrogen and oxygen atoms in total.